The first kappa shape index (κ1) is 13.9. The Morgan fingerprint density at radius 2 is 2.00 bits per heavy atom. The van der Waals surface area contributed by atoms with Gasteiger partial charge in [0.25, 0.3) is 0 Å². The summed E-state index contributed by atoms with van der Waals surface area (Å²) in [6, 6.07) is 7.44. The Balaban J connectivity index is 1.66. The van der Waals surface area contributed by atoms with Crippen molar-refractivity contribution < 1.29 is 19.1 Å². The van der Waals surface area contributed by atoms with Crippen molar-refractivity contribution in [2.75, 3.05) is 32.8 Å². The second-order valence-electron chi connectivity index (χ2n) is 5.07. The molecule has 1 saturated heterocycles. The van der Waals surface area contributed by atoms with Crippen LogP contribution in [0.4, 0.5) is 4.79 Å². The van der Waals surface area contributed by atoms with Crippen LogP contribution in [0.1, 0.15) is 29.1 Å². The standard InChI is InChI=1S/C15H18N2O4/c1-2-20-15(19)17-9-7-16(8-10-17)13-11-5-3-4-6-12(11)14(18)21-13/h3-6,13H,2,7-10H2,1H3/t13-/m0/s1. The third-order valence-electron chi connectivity index (χ3n) is 3.84. The summed E-state index contributed by atoms with van der Waals surface area (Å²) in [5, 5.41) is 0. The van der Waals surface area contributed by atoms with Crippen molar-refractivity contribution >= 4 is 12.1 Å². The molecule has 0 aromatic heterocycles. The summed E-state index contributed by atoms with van der Waals surface area (Å²) in [6.45, 7) is 4.65. The highest BCUT2D eigenvalue weighted by Crippen LogP contribution is 2.33. The molecule has 6 heteroatoms. The molecule has 1 aromatic carbocycles. The minimum absolute atomic E-state index is 0.275. The maximum atomic E-state index is 11.8. The number of rotatable bonds is 2. The van der Waals surface area contributed by atoms with E-state index in [0.29, 0.717) is 38.3 Å². The highest BCUT2D eigenvalue weighted by atomic mass is 16.6. The predicted molar refractivity (Wildman–Crippen MR) is 74.8 cm³/mol. The molecule has 0 N–H and O–H groups in total. The number of ether oxygens (including phenoxy) is 2. The van der Waals surface area contributed by atoms with Crippen molar-refractivity contribution in [1.29, 1.82) is 0 Å². The molecule has 1 atom stereocenters. The maximum absolute atomic E-state index is 11.8. The number of nitrogens with zero attached hydrogens (tertiary/aromatic N) is 2. The molecule has 2 aliphatic rings. The van der Waals surface area contributed by atoms with Crippen LogP contribution in [0.3, 0.4) is 0 Å². The molecular weight excluding hydrogens is 272 g/mol. The molecule has 2 aliphatic heterocycles. The van der Waals surface area contributed by atoms with Crippen molar-refractivity contribution in [2.45, 2.75) is 13.2 Å². The van der Waals surface area contributed by atoms with E-state index in [1.54, 1.807) is 17.9 Å². The van der Waals surface area contributed by atoms with E-state index >= 15 is 0 Å². The van der Waals surface area contributed by atoms with E-state index in [2.05, 4.69) is 4.90 Å². The van der Waals surface area contributed by atoms with Crippen LogP contribution < -0.4 is 0 Å². The lowest BCUT2D eigenvalue weighted by molar-refractivity contribution is -0.0402. The fourth-order valence-corrected chi connectivity index (χ4v) is 2.75. The molecule has 1 aromatic rings. The van der Waals surface area contributed by atoms with E-state index in [9.17, 15) is 9.59 Å². The van der Waals surface area contributed by atoms with E-state index in [4.69, 9.17) is 9.47 Å². The number of amides is 1. The van der Waals surface area contributed by atoms with E-state index in [1.807, 2.05) is 18.2 Å². The number of hydrogen-bond donors (Lipinski definition) is 0. The number of benzene rings is 1. The predicted octanol–water partition coefficient (Wildman–Crippen LogP) is 1.63. The van der Waals surface area contributed by atoms with Gasteiger partial charge in [0.1, 0.15) is 0 Å². The second kappa shape index (κ2) is 5.73. The second-order valence-corrected chi connectivity index (χ2v) is 5.07. The third kappa shape index (κ3) is 2.58. The summed E-state index contributed by atoms with van der Waals surface area (Å²) < 4.78 is 10.5. The number of cyclic esters (lactones) is 1. The van der Waals surface area contributed by atoms with Crippen LogP contribution in [0.5, 0.6) is 0 Å². The quantitative estimate of drug-likeness (QED) is 0.775. The smallest absolute Gasteiger partial charge is 0.409 e. The maximum Gasteiger partial charge on any atom is 0.409 e. The average Bonchev–Trinajstić information content (AvgIpc) is 2.85. The van der Waals surface area contributed by atoms with Crippen LogP contribution in [-0.2, 0) is 9.47 Å². The van der Waals surface area contributed by atoms with E-state index < -0.39 is 0 Å². The fourth-order valence-electron chi connectivity index (χ4n) is 2.75. The summed E-state index contributed by atoms with van der Waals surface area (Å²) in [5.74, 6) is -0.275. The number of carbonyl (C=O) groups excluding carboxylic acids is 2. The lowest BCUT2D eigenvalue weighted by Gasteiger charge is -2.36. The van der Waals surface area contributed by atoms with E-state index in [0.717, 1.165) is 5.56 Å². The molecule has 0 unspecified atom stereocenters. The van der Waals surface area contributed by atoms with Crippen LogP contribution in [-0.4, -0.2) is 54.6 Å². The van der Waals surface area contributed by atoms with Gasteiger partial charge in [-0.15, -0.1) is 0 Å². The van der Waals surface area contributed by atoms with E-state index in [-0.39, 0.29) is 18.3 Å². The Kier molecular flexibility index (Phi) is 3.79. The largest absolute Gasteiger partial charge is 0.450 e. The van der Waals surface area contributed by atoms with Crippen LogP contribution in [0, 0.1) is 0 Å². The van der Waals surface area contributed by atoms with Gasteiger partial charge in [0.2, 0.25) is 0 Å². The topological polar surface area (TPSA) is 59.1 Å². The van der Waals surface area contributed by atoms with Crippen molar-refractivity contribution in [3.63, 3.8) is 0 Å². The average molecular weight is 290 g/mol. The molecule has 0 radical (unpaired) electrons. The van der Waals surface area contributed by atoms with Gasteiger partial charge in [-0.05, 0) is 13.0 Å². The van der Waals surface area contributed by atoms with Crippen molar-refractivity contribution in [3.8, 4) is 0 Å². The van der Waals surface area contributed by atoms with Gasteiger partial charge in [0, 0.05) is 31.7 Å². The number of fused-ring (bicyclic) bond motifs is 1. The van der Waals surface area contributed by atoms with Crippen LogP contribution in [0.2, 0.25) is 0 Å². The third-order valence-corrected chi connectivity index (χ3v) is 3.84. The Morgan fingerprint density at radius 3 is 2.71 bits per heavy atom. The van der Waals surface area contributed by atoms with Gasteiger partial charge in [0.05, 0.1) is 12.2 Å². The zero-order chi connectivity index (χ0) is 14.8. The zero-order valence-electron chi connectivity index (χ0n) is 11.9. The molecule has 6 nitrogen and oxygen atoms in total. The lowest BCUT2D eigenvalue weighted by atomic mass is 10.1. The number of hydrogen-bond acceptors (Lipinski definition) is 5. The summed E-state index contributed by atoms with van der Waals surface area (Å²) in [7, 11) is 0. The minimum atomic E-state index is -0.335. The molecule has 2 heterocycles. The highest BCUT2D eigenvalue weighted by molar-refractivity contribution is 5.93. The monoisotopic (exact) mass is 290 g/mol. The van der Waals surface area contributed by atoms with Gasteiger partial charge in [0.15, 0.2) is 6.23 Å². The van der Waals surface area contributed by atoms with Gasteiger partial charge in [-0.1, -0.05) is 18.2 Å². The van der Waals surface area contributed by atoms with E-state index in [1.165, 1.54) is 0 Å². The number of esters is 1. The first-order valence-electron chi connectivity index (χ1n) is 7.16. The van der Waals surface area contributed by atoms with Crippen molar-refractivity contribution in [3.05, 3.63) is 35.4 Å². The first-order valence-corrected chi connectivity index (χ1v) is 7.16. The van der Waals surface area contributed by atoms with Crippen LogP contribution >= 0.6 is 0 Å². The van der Waals surface area contributed by atoms with Crippen molar-refractivity contribution in [1.82, 2.24) is 9.80 Å². The molecule has 0 saturated carbocycles. The Labute approximate surface area is 123 Å². The van der Waals surface area contributed by atoms with Gasteiger partial charge in [-0.3, -0.25) is 4.90 Å². The molecule has 1 fully saturated rings. The van der Waals surface area contributed by atoms with Gasteiger partial charge in [-0.25, -0.2) is 9.59 Å². The highest BCUT2D eigenvalue weighted by Gasteiger charge is 2.36. The SMILES string of the molecule is CCOC(=O)N1CCN([C@H]2OC(=O)c3ccccc32)CC1. The molecule has 0 bridgehead atoms. The molecule has 0 aliphatic carbocycles. The Morgan fingerprint density at radius 1 is 1.29 bits per heavy atom. The minimum Gasteiger partial charge on any atom is -0.450 e. The fraction of sp³-hybridized carbons (Fsp3) is 0.467. The number of carbonyl (C=O) groups is 2. The van der Waals surface area contributed by atoms with Crippen LogP contribution in [0.25, 0.3) is 0 Å². The molecule has 0 spiro atoms. The van der Waals surface area contributed by atoms with Crippen LogP contribution in [0.15, 0.2) is 24.3 Å². The van der Waals surface area contributed by atoms with Gasteiger partial charge >= 0.3 is 12.1 Å². The van der Waals surface area contributed by atoms with Gasteiger partial charge in [-0.2, -0.15) is 0 Å². The summed E-state index contributed by atoms with van der Waals surface area (Å²) in [4.78, 5) is 27.3. The molecule has 3 rings (SSSR count). The Hall–Kier alpha value is -2.08. The van der Waals surface area contributed by atoms with Crippen molar-refractivity contribution in [2.24, 2.45) is 0 Å². The molecule has 112 valence electrons. The summed E-state index contributed by atoms with van der Waals surface area (Å²) >= 11 is 0. The van der Waals surface area contributed by atoms with Gasteiger partial charge < -0.3 is 14.4 Å². The summed E-state index contributed by atoms with van der Waals surface area (Å²) in [5.41, 5.74) is 1.54. The summed E-state index contributed by atoms with van der Waals surface area (Å²) in [6.07, 6.45) is -0.612. The lowest BCUT2D eigenvalue weighted by Crippen LogP contribution is -2.49. The number of piperazine rings is 1. The zero-order valence-corrected chi connectivity index (χ0v) is 11.9. The first-order chi connectivity index (χ1) is 10.2. The Bertz CT molecular complexity index is 552. The normalized spacial score (nSPS) is 21.9. The molecule has 21 heavy (non-hydrogen) atoms. The molecular formula is C15H18N2O4. The molecule has 1 amide bonds.